The van der Waals surface area contributed by atoms with E-state index < -0.39 is 0 Å². The molecule has 17 heavy (non-hydrogen) atoms. The Bertz CT molecular complexity index is 367. The molecule has 1 aliphatic rings. The van der Waals surface area contributed by atoms with Crippen molar-refractivity contribution in [2.45, 2.75) is 13.0 Å². The largest absolute Gasteiger partial charge is 0.492 e. The van der Waals surface area contributed by atoms with Crippen molar-refractivity contribution in [1.29, 1.82) is 0 Å². The van der Waals surface area contributed by atoms with E-state index in [0.717, 1.165) is 18.8 Å². The van der Waals surface area contributed by atoms with Crippen LogP contribution in [0.25, 0.3) is 0 Å². The van der Waals surface area contributed by atoms with Gasteiger partial charge in [0.2, 0.25) is 5.91 Å². The maximum Gasteiger partial charge on any atom is 0.239 e. The maximum atomic E-state index is 11.8. The summed E-state index contributed by atoms with van der Waals surface area (Å²) < 4.78 is 5.58. The lowest BCUT2D eigenvalue weighted by Crippen LogP contribution is -2.54. The lowest BCUT2D eigenvalue weighted by molar-refractivity contribution is -0.135. The summed E-state index contributed by atoms with van der Waals surface area (Å²) in [6, 6.07) is 9.60. The molecule has 1 unspecified atom stereocenters. The van der Waals surface area contributed by atoms with E-state index in [-0.39, 0.29) is 11.9 Å². The van der Waals surface area contributed by atoms with E-state index in [1.807, 2.05) is 42.2 Å². The first-order chi connectivity index (χ1) is 8.27. The normalized spacial score (nSPS) is 20.4. The molecule has 0 aliphatic carbocycles. The fourth-order valence-electron chi connectivity index (χ4n) is 1.90. The molecule has 1 heterocycles. The van der Waals surface area contributed by atoms with Gasteiger partial charge < -0.3 is 15.0 Å². The molecule has 1 aliphatic heterocycles. The molecule has 1 atom stereocenters. The Morgan fingerprint density at radius 1 is 1.41 bits per heavy atom. The summed E-state index contributed by atoms with van der Waals surface area (Å²) in [5.41, 5.74) is 0. The first-order valence-electron chi connectivity index (χ1n) is 5.97. The number of nitrogens with zero attached hydrogens (tertiary/aromatic N) is 1. The Kier molecular flexibility index (Phi) is 3.98. The molecule has 4 heteroatoms. The number of para-hydroxylation sites is 1. The number of ether oxygens (including phenoxy) is 1. The second-order valence-electron chi connectivity index (χ2n) is 4.16. The van der Waals surface area contributed by atoms with Crippen molar-refractivity contribution in [1.82, 2.24) is 10.2 Å². The second kappa shape index (κ2) is 5.68. The molecule has 0 spiro atoms. The molecular weight excluding hydrogens is 216 g/mol. The van der Waals surface area contributed by atoms with Crippen LogP contribution < -0.4 is 10.1 Å². The number of amides is 1. The van der Waals surface area contributed by atoms with Gasteiger partial charge in [-0.05, 0) is 19.1 Å². The molecule has 0 radical (unpaired) electrons. The van der Waals surface area contributed by atoms with Gasteiger partial charge in [-0.2, -0.15) is 0 Å². The smallest absolute Gasteiger partial charge is 0.239 e. The van der Waals surface area contributed by atoms with E-state index in [1.165, 1.54) is 0 Å². The van der Waals surface area contributed by atoms with Crippen LogP contribution in [0.3, 0.4) is 0 Å². The Morgan fingerprint density at radius 3 is 2.94 bits per heavy atom. The van der Waals surface area contributed by atoms with Crippen molar-refractivity contribution < 1.29 is 9.53 Å². The maximum absolute atomic E-state index is 11.8. The SMILES string of the molecule is CC1NCCN(CCOc2ccccc2)C1=O. The molecule has 0 saturated carbocycles. The molecule has 1 aromatic rings. The van der Waals surface area contributed by atoms with Gasteiger partial charge in [-0.15, -0.1) is 0 Å². The van der Waals surface area contributed by atoms with Crippen LogP contribution in [0.5, 0.6) is 5.75 Å². The zero-order valence-electron chi connectivity index (χ0n) is 10.1. The second-order valence-corrected chi connectivity index (χ2v) is 4.16. The van der Waals surface area contributed by atoms with Crippen LogP contribution in [-0.2, 0) is 4.79 Å². The number of carbonyl (C=O) groups is 1. The highest BCUT2D eigenvalue weighted by Crippen LogP contribution is 2.08. The summed E-state index contributed by atoms with van der Waals surface area (Å²) in [5, 5.41) is 3.14. The molecule has 92 valence electrons. The number of nitrogens with one attached hydrogen (secondary N) is 1. The van der Waals surface area contributed by atoms with Gasteiger partial charge in [0.15, 0.2) is 0 Å². The predicted molar refractivity (Wildman–Crippen MR) is 66.0 cm³/mol. The van der Waals surface area contributed by atoms with Crippen LogP contribution in [0, 0.1) is 0 Å². The van der Waals surface area contributed by atoms with E-state index in [2.05, 4.69) is 5.32 Å². The minimum absolute atomic E-state index is 0.0690. The third-order valence-corrected chi connectivity index (χ3v) is 2.89. The third-order valence-electron chi connectivity index (χ3n) is 2.89. The Labute approximate surface area is 102 Å². The first kappa shape index (κ1) is 11.9. The molecule has 4 nitrogen and oxygen atoms in total. The standard InChI is InChI=1S/C13H18N2O2/c1-11-13(16)15(8-7-14-11)9-10-17-12-5-3-2-4-6-12/h2-6,11,14H,7-10H2,1H3. The average Bonchev–Trinajstić information content (AvgIpc) is 2.36. The lowest BCUT2D eigenvalue weighted by atomic mass is 10.2. The molecule has 0 bridgehead atoms. The first-order valence-corrected chi connectivity index (χ1v) is 5.97. The molecule has 1 fully saturated rings. The van der Waals surface area contributed by atoms with Gasteiger partial charge >= 0.3 is 0 Å². The van der Waals surface area contributed by atoms with Crippen molar-refractivity contribution in [3.05, 3.63) is 30.3 Å². The molecule has 1 amide bonds. The highest BCUT2D eigenvalue weighted by Gasteiger charge is 2.23. The van der Waals surface area contributed by atoms with Gasteiger partial charge in [0, 0.05) is 13.1 Å². The van der Waals surface area contributed by atoms with Gasteiger partial charge in [0.25, 0.3) is 0 Å². The number of piperazine rings is 1. The van der Waals surface area contributed by atoms with Gasteiger partial charge in [0.1, 0.15) is 12.4 Å². The molecule has 2 rings (SSSR count). The fourth-order valence-corrected chi connectivity index (χ4v) is 1.90. The average molecular weight is 234 g/mol. The van der Waals surface area contributed by atoms with E-state index in [0.29, 0.717) is 13.2 Å². The molecule has 0 aromatic heterocycles. The quantitative estimate of drug-likeness (QED) is 0.841. The minimum atomic E-state index is -0.0690. The summed E-state index contributed by atoms with van der Waals surface area (Å²) in [5.74, 6) is 1.01. The van der Waals surface area contributed by atoms with Crippen molar-refractivity contribution in [3.63, 3.8) is 0 Å². The molecule has 1 aromatic carbocycles. The minimum Gasteiger partial charge on any atom is -0.492 e. The van der Waals surface area contributed by atoms with Crippen molar-refractivity contribution >= 4 is 5.91 Å². The van der Waals surface area contributed by atoms with Gasteiger partial charge in [-0.3, -0.25) is 4.79 Å². The van der Waals surface area contributed by atoms with E-state index >= 15 is 0 Å². The third kappa shape index (κ3) is 3.20. The van der Waals surface area contributed by atoms with E-state index in [9.17, 15) is 4.79 Å². The van der Waals surface area contributed by atoms with E-state index in [1.54, 1.807) is 0 Å². The number of hydrogen-bond donors (Lipinski definition) is 1. The number of benzene rings is 1. The lowest BCUT2D eigenvalue weighted by Gasteiger charge is -2.31. The van der Waals surface area contributed by atoms with E-state index in [4.69, 9.17) is 4.74 Å². The summed E-state index contributed by atoms with van der Waals surface area (Å²) in [6.45, 7) is 4.72. The van der Waals surface area contributed by atoms with Crippen LogP contribution in [0.1, 0.15) is 6.92 Å². The zero-order chi connectivity index (χ0) is 12.1. The summed E-state index contributed by atoms with van der Waals surface area (Å²) >= 11 is 0. The zero-order valence-corrected chi connectivity index (χ0v) is 10.1. The van der Waals surface area contributed by atoms with Crippen molar-refractivity contribution in [3.8, 4) is 5.75 Å². The van der Waals surface area contributed by atoms with Gasteiger partial charge in [0.05, 0.1) is 12.6 Å². The summed E-state index contributed by atoms with van der Waals surface area (Å²) in [7, 11) is 0. The van der Waals surface area contributed by atoms with Gasteiger partial charge in [-0.25, -0.2) is 0 Å². The Hall–Kier alpha value is -1.55. The predicted octanol–water partition coefficient (Wildman–Crippen LogP) is 0.886. The van der Waals surface area contributed by atoms with Crippen LogP contribution in [0.2, 0.25) is 0 Å². The summed E-state index contributed by atoms with van der Waals surface area (Å²) in [6.07, 6.45) is 0. The monoisotopic (exact) mass is 234 g/mol. The molecular formula is C13H18N2O2. The van der Waals surface area contributed by atoms with Crippen LogP contribution in [-0.4, -0.2) is 43.1 Å². The van der Waals surface area contributed by atoms with Gasteiger partial charge in [-0.1, -0.05) is 18.2 Å². The van der Waals surface area contributed by atoms with Crippen LogP contribution >= 0.6 is 0 Å². The molecule has 1 saturated heterocycles. The Morgan fingerprint density at radius 2 is 2.18 bits per heavy atom. The van der Waals surface area contributed by atoms with Crippen LogP contribution in [0.15, 0.2) is 30.3 Å². The number of rotatable bonds is 4. The highest BCUT2D eigenvalue weighted by molar-refractivity contribution is 5.82. The molecule has 1 N–H and O–H groups in total. The fraction of sp³-hybridized carbons (Fsp3) is 0.462. The summed E-state index contributed by atoms with van der Waals surface area (Å²) in [4.78, 5) is 13.6. The number of hydrogen-bond acceptors (Lipinski definition) is 3. The topological polar surface area (TPSA) is 41.6 Å². The Balaban J connectivity index is 1.77. The van der Waals surface area contributed by atoms with Crippen LogP contribution in [0.4, 0.5) is 0 Å². The number of carbonyl (C=O) groups excluding carboxylic acids is 1. The highest BCUT2D eigenvalue weighted by atomic mass is 16.5. The van der Waals surface area contributed by atoms with Crippen molar-refractivity contribution in [2.24, 2.45) is 0 Å². The van der Waals surface area contributed by atoms with Crippen molar-refractivity contribution in [2.75, 3.05) is 26.2 Å².